The van der Waals surface area contributed by atoms with E-state index in [1.807, 2.05) is 6.07 Å². The average molecular weight is 390 g/mol. The van der Waals surface area contributed by atoms with Crippen LogP contribution in [0.15, 0.2) is 30.6 Å². The van der Waals surface area contributed by atoms with Crippen molar-refractivity contribution in [1.29, 1.82) is 0 Å². The van der Waals surface area contributed by atoms with Gasteiger partial charge >= 0.3 is 6.01 Å². The third kappa shape index (κ3) is 5.12. The first-order valence-electron chi connectivity index (χ1n) is 9.39. The minimum Gasteiger partial charge on any atom is -0.463 e. The summed E-state index contributed by atoms with van der Waals surface area (Å²) in [5, 5.41) is 3.34. The minimum absolute atomic E-state index is 0.146. The number of nitrogens with one attached hydrogen (secondary N) is 1. The predicted molar refractivity (Wildman–Crippen MR) is 107 cm³/mol. The molecule has 1 fully saturated rings. The van der Waals surface area contributed by atoms with Gasteiger partial charge in [-0.3, -0.25) is 0 Å². The molecule has 0 bridgehead atoms. The largest absolute Gasteiger partial charge is 0.463 e. The smallest absolute Gasteiger partial charge is 0.316 e. The molecular formula is C20H28FN3O2Si. The van der Waals surface area contributed by atoms with Crippen molar-refractivity contribution in [1.82, 2.24) is 15.3 Å². The van der Waals surface area contributed by atoms with Crippen molar-refractivity contribution in [3.05, 3.63) is 42.0 Å². The molecule has 2 aromatic rings. The second kappa shape index (κ2) is 8.46. The number of benzene rings is 1. The van der Waals surface area contributed by atoms with Crippen molar-refractivity contribution in [2.75, 3.05) is 19.7 Å². The monoisotopic (exact) mass is 389 g/mol. The molecule has 5 nitrogen and oxygen atoms in total. The van der Waals surface area contributed by atoms with Gasteiger partial charge < -0.3 is 14.5 Å². The Balaban J connectivity index is 1.67. The molecule has 146 valence electrons. The molecular weight excluding hydrogens is 361 g/mol. The first kappa shape index (κ1) is 19.9. The zero-order valence-electron chi connectivity index (χ0n) is 16.5. The molecule has 0 amide bonds. The number of hydrogen-bond acceptors (Lipinski definition) is 5. The molecule has 0 saturated carbocycles. The highest BCUT2D eigenvalue weighted by molar-refractivity contribution is 6.53. The molecule has 1 aromatic heterocycles. The summed E-state index contributed by atoms with van der Waals surface area (Å²) in [6, 6.07) is 5.68. The van der Waals surface area contributed by atoms with E-state index in [0.29, 0.717) is 41.8 Å². The van der Waals surface area contributed by atoms with Crippen LogP contribution in [-0.4, -0.2) is 38.7 Å². The van der Waals surface area contributed by atoms with Crippen LogP contribution >= 0.6 is 0 Å². The molecule has 1 unspecified atom stereocenters. The minimum atomic E-state index is -1.40. The molecule has 1 aliphatic heterocycles. The molecule has 2 heterocycles. The van der Waals surface area contributed by atoms with E-state index >= 15 is 0 Å². The van der Waals surface area contributed by atoms with Crippen LogP contribution in [0.3, 0.4) is 0 Å². The maximum atomic E-state index is 15.0. The Morgan fingerprint density at radius 3 is 2.52 bits per heavy atom. The SMILES string of the molecule is C[SiH](OCc1cccc(-c2cnc(OCC3CNC3)nc2)c1F)C(C)(C)C. The van der Waals surface area contributed by atoms with E-state index in [1.165, 1.54) is 0 Å². The van der Waals surface area contributed by atoms with E-state index < -0.39 is 9.04 Å². The zero-order valence-corrected chi connectivity index (χ0v) is 17.6. The zero-order chi connectivity index (χ0) is 19.4. The number of hydrogen-bond donors (Lipinski definition) is 1. The maximum absolute atomic E-state index is 15.0. The number of aromatic nitrogens is 2. The summed E-state index contributed by atoms with van der Waals surface area (Å²) in [6.45, 7) is 11.5. The van der Waals surface area contributed by atoms with Gasteiger partial charge in [0.05, 0.1) is 13.2 Å². The number of halogens is 1. The molecule has 1 atom stereocenters. The second-order valence-corrected chi connectivity index (χ2v) is 11.5. The lowest BCUT2D eigenvalue weighted by Crippen LogP contribution is -2.45. The fraction of sp³-hybridized carbons (Fsp3) is 0.500. The van der Waals surface area contributed by atoms with Gasteiger partial charge in [-0.05, 0) is 11.6 Å². The lowest BCUT2D eigenvalue weighted by atomic mass is 10.1. The summed E-state index contributed by atoms with van der Waals surface area (Å²) in [5.41, 5.74) is 1.68. The van der Waals surface area contributed by atoms with Gasteiger partial charge in [0.25, 0.3) is 0 Å². The van der Waals surface area contributed by atoms with Crippen molar-refractivity contribution in [2.45, 2.75) is 39.0 Å². The molecule has 7 heteroatoms. The van der Waals surface area contributed by atoms with E-state index in [9.17, 15) is 4.39 Å². The summed E-state index contributed by atoms with van der Waals surface area (Å²) >= 11 is 0. The van der Waals surface area contributed by atoms with E-state index in [0.717, 1.165) is 13.1 Å². The van der Waals surface area contributed by atoms with Crippen molar-refractivity contribution in [3.63, 3.8) is 0 Å². The Morgan fingerprint density at radius 1 is 1.22 bits per heavy atom. The van der Waals surface area contributed by atoms with Crippen LogP contribution in [0.25, 0.3) is 11.1 Å². The Labute approximate surface area is 162 Å². The summed E-state index contributed by atoms with van der Waals surface area (Å²) in [4.78, 5) is 8.44. The average Bonchev–Trinajstić information content (AvgIpc) is 2.59. The molecule has 0 radical (unpaired) electrons. The van der Waals surface area contributed by atoms with Crippen LogP contribution < -0.4 is 10.1 Å². The number of nitrogens with zero attached hydrogens (tertiary/aromatic N) is 2. The standard InChI is InChI=1S/C20H28FN3O2Si/c1-20(2,3)27(4)26-13-15-6-5-7-17(18(15)21)16-10-23-19(24-11-16)25-12-14-8-22-9-14/h5-7,10-11,14,22,27H,8-9,12-13H2,1-4H3. The Morgan fingerprint density at radius 2 is 1.93 bits per heavy atom. The molecule has 1 aliphatic rings. The van der Waals surface area contributed by atoms with Gasteiger partial charge in [0.2, 0.25) is 0 Å². The third-order valence-corrected chi connectivity index (χ3v) is 8.15. The molecule has 1 N–H and O–H groups in total. The number of ether oxygens (including phenoxy) is 1. The van der Waals surface area contributed by atoms with Crippen LogP contribution in [0.1, 0.15) is 26.3 Å². The van der Waals surface area contributed by atoms with E-state index in [-0.39, 0.29) is 10.9 Å². The fourth-order valence-corrected chi connectivity index (χ4v) is 3.50. The van der Waals surface area contributed by atoms with Gasteiger partial charge in [0.15, 0.2) is 9.04 Å². The van der Waals surface area contributed by atoms with Gasteiger partial charge in [0, 0.05) is 48.1 Å². The normalized spacial score (nSPS) is 16.0. The predicted octanol–water partition coefficient (Wildman–Crippen LogP) is 3.55. The van der Waals surface area contributed by atoms with Gasteiger partial charge in [0.1, 0.15) is 5.82 Å². The summed E-state index contributed by atoms with van der Waals surface area (Å²) < 4.78 is 26.5. The third-order valence-electron chi connectivity index (χ3n) is 5.04. The Kier molecular flexibility index (Phi) is 6.24. The molecule has 27 heavy (non-hydrogen) atoms. The molecule has 0 spiro atoms. The highest BCUT2D eigenvalue weighted by Gasteiger charge is 2.23. The second-order valence-electron chi connectivity index (χ2n) is 8.19. The highest BCUT2D eigenvalue weighted by Crippen LogP contribution is 2.29. The van der Waals surface area contributed by atoms with Crippen molar-refractivity contribution < 1.29 is 13.6 Å². The Bertz CT molecular complexity index is 761. The molecule has 1 aromatic carbocycles. The first-order valence-corrected chi connectivity index (χ1v) is 11.6. The van der Waals surface area contributed by atoms with Crippen molar-refractivity contribution in [3.8, 4) is 17.1 Å². The van der Waals surface area contributed by atoms with Gasteiger partial charge in [-0.2, -0.15) is 0 Å². The fourth-order valence-electron chi connectivity index (χ4n) is 2.57. The van der Waals surface area contributed by atoms with Crippen molar-refractivity contribution in [2.24, 2.45) is 5.92 Å². The topological polar surface area (TPSA) is 56.3 Å². The van der Waals surface area contributed by atoms with Crippen LogP contribution in [0.2, 0.25) is 11.6 Å². The highest BCUT2D eigenvalue weighted by atomic mass is 28.3. The van der Waals surface area contributed by atoms with Gasteiger partial charge in [-0.25, -0.2) is 14.4 Å². The van der Waals surface area contributed by atoms with Crippen LogP contribution in [-0.2, 0) is 11.0 Å². The van der Waals surface area contributed by atoms with E-state index in [4.69, 9.17) is 9.16 Å². The van der Waals surface area contributed by atoms with E-state index in [2.05, 4.69) is 42.6 Å². The first-order chi connectivity index (χ1) is 12.8. The lowest BCUT2D eigenvalue weighted by Gasteiger charge is -2.26. The van der Waals surface area contributed by atoms with Crippen LogP contribution in [0.4, 0.5) is 4.39 Å². The van der Waals surface area contributed by atoms with Crippen LogP contribution in [0, 0.1) is 11.7 Å². The lowest BCUT2D eigenvalue weighted by molar-refractivity contribution is 0.187. The summed E-state index contributed by atoms with van der Waals surface area (Å²) in [6.07, 6.45) is 3.22. The van der Waals surface area contributed by atoms with Gasteiger partial charge in [-0.15, -0.1) is 0 Å². The molecule has 3 rings (SSSR count). The van der Waals surface area contributed by atoms with E-state index in [1.54, 1.807) is 24.5 Å². The van der Waals surface area contributed by atoms with Crippen LogP contribution in [0.5, 0.6) is 6.01 Å². The van der Waals surface area contributed by atoms with Crippen molar-refractivity contribution >= 4 is 9.04 Å². The molecule has 1 saturated heterocycles. The quantitative estimate of drug-likeness (QED) is 0.734. The summed E-state index contributed by atoms with van der Waals surface area (Å²) in [5.74, 6) is 0.242. The summed E-state index contributed by atoms with van der Waals surface area (Å²) in [7, 11) is -1.40. The molecule has 0 aliphatic carbocycles. The Hall–Kier alpha value is -1.83. The van der Waals surface area contributed by atoms with Gasteiger partial charge in [-0.1, -0.05) is 39.0 Å². The number of rotatable bonds is 7. The maximum Gasteiger partial charge on any atom is 0.316 e.